The standard InChI is InChI=1S/C11H14N2/c1-3-4-7-12-8-11-6-5-10(2)13-9-11/h1,5-6,9,12H,4,7-8H2,2H3. The van der Waals surface area contributed by atoms with Crippen molar-refractivity contribution in [2.75, 3.05) is 6.54 Å². The summed E-state index contributed by atoms with van der Waals surface area (Å²) in [6.45, 7) is 3.69. The fraction of sp³-hybridized carbons (Fsp3) is 0.364. The molecule has 1 N–H and O–H groups in total. The molecule has 0 amide bonds. The Labute approximate surface area is 79.4 Å². The highest BCUT2D eigenvalue weighted by Gasteiger charge is 1.91. The Balaban J connectivity index is 2.30. The van der Waals surface area contributed by atoms with Crippen molar-refractivity contribution in [3.05, 3.63) is 29.6 Å². The second kappa shape index (κ2) is 5.34. The zero-order valence-electron chi connectivity index (χ0n) is 7.88. The van der Waals surface area contributed by atoms with E-state index < -0.39 is 0 Å². The summed E-state index contributed by atoms with van der Waals surface area (Å²) in [5.41, 5.74) is 2.25. The second-order valence-corrected chi connectivity index (χ2v) is 2.94. The smallest absolute Gasteiger partial charge is 0.0372 e. The van der Waals surface area contributed by atoms with Crippen LogP contribution in [0.2, 0.25) is 0 Å². The number of nitrogens with zero attached hydrogens (tertiary/aromatic N) is 1. The maximum absolute atomic E-state index is 5.13. The number of hydrogen-bond donors (Lipinski definition) is 1. The first-order chi connectivity index (χ1) is 6.33. The molecule has 2 heteroatoms. The summed E-state index contributed by atoms with van der Waals surface area (Å²) in [4.78, 5) is 4.20. The number of pyridine rings is 1. The molecule has 2 nitrogen and oxygen atoms in total. The van der Waals surface area contributed by atoms with Gasteiger partial charge in [0.1, 0.15) is 0 Å². The summed E-state index contributed by atoms with van der Waals surface area (Å²) in [5.74, 6) is 2.58. The van der Waals surface area contributed by atoms with Crippen molar-refractivity contribution in [1.82, 2.24) is 10.3 Å². The van der Waals surface area contributed by atoms with E-state index in [-0.39, 0.29) is 0 Å². The lowest BCUT2D eigenvalue weighted by Gasteiger charge is -2.02. The number of hydrogen-bond acceptors (Lipinski definition) is 2. The van der Waals surface area contributed by atoms with Crippen molar-refractivity contribution in [2.45, 2.75) is 19.9 Å². The summed E-state index contributed by atoms with van der Waals surface area (Å²) >= 11 is 0. The van der Waals surface area contributed by atoms with Crippen molar-refractivity contribution in [3.8, 4) is 12.3 Å². The number of rotatable bonds is 4. The Morgan fingerprint density at radius 2 is 2.38 bits per heavy atom. The highest BCUT2D eigenvalue weighted by atomic mass is 14.8. The normalized spacial score (nSPS) is 9.54. The fourth-order valence-corrected chi connectivity index (χ4v) is 0.996. The molecule has 0 bridgehead atoms. The van der Waals surface area contributed by atoms with Gasteiger partial charge in [-0.15, -0.1) is 12.3 Å². The molecule has 0 aromatic carbocycles. The van der Waals surface area contributed by atoms with Crippen LogP contribution in [0.4, 0.5) is 0 Å². The zero-order chi connectivity index (χ0) is 9.52. The van der Waals surface area contributed by atoms with Gasteiger partial charge in [-0.1, -0.05) is 6.07 Å². The van der Waals surface area contributed by atoms with E-state index in [0.717, 1.165) is 25.2 Å². The van der Waals surface area contributed by atoms with E-state index in [1.807, 2.05) is 19.2 Å². The van der Waals surface area contributed by atoms with Crippen molar-refractivity contribution < 1.29 is 0 Å². The molecule has 0 spiro atoms. The summed E-state index contributed by atoms with van der Waals surface area (Å²) in [6.07, 6.45) is 7.79. The molecule has 68 valence electrons. The Kier molecular flexibility index (Phi) is 4.01. The third-order valence-electron chi connectivity index (χ3n) is 1.75. The molecule has 0 aliphatic rings. The second-order valence-electron chi connectivity index (χ2n) is 2.94. The maximum atomic E-state index is 5.13. The van der Waals surface area contributed by atoms with Gasteiger partial charge in [0.05, 0.1) is 0 Å². The lowest BCUT2D eigenvalue weighted by Crippen LogP contribution is -2.14. The third-order valence-corrected chi connectivity index (χ3v) is 1.75. The van der Waals surface area contributed by atoms with Gasteiger partial charge in [-0.3, -0.25) is 4.98 Å². The van der Waals surface area contributed by atoms with Crippen LogP contribution < -0.4 is 5.32 Å². The van der Waals surface area contributed by atoms with Gasteiger partial charge in [0.25, 0.3) is 0 Å². The first kappa shape index (κ1) is 9.76. The molecule has 0 saturated carbocycles. The van der Waals surface area contributed by atoms with Gasteiger partial charge in [-0.05, 0) is 18.6 Å². The molecule has 0 unspecified atom stereocenters. The Hall–Kier alpha value is -1.33. The number of aryl methyl sites for hydroxylation is 1. The van der Waals surface area contributed by atoms with Crippen molar-refractivity contribution in [2.24, 2.45) is 0 Å². The summed E-state index contributed by atoms with van der Waals surface area (Å²) in [5, 5.41) is 3.24. The highest BCUT2D eigenvalue weighted by Crippen LogP contribution is 1.98. The fourth-order valence-electron chi connectivity index (χ4n) is 0.996. The number of aromatic nitrogens is 1. The predicted octanol–water partition coefficient (Wildman–Crippen LogP) is 1.50. The molecule has 1 aromatic rings. The highest BCUT2D eigenvalue weighted by molar-refractivity contribution is 5.12. The minimum absolute atomic E-state index is 0.777. The molecule has 0 aliphatic carbocycles. The summed E-state index contributed by atoms with van der Waals surface area (Å²) < 4.78 is 0. The molecule has 0 fully saturated rings. The SMILES string of the molecule is C#CCCNCc1ccc(C)nc1. The predicted molar refractivity (Wildman–Crippen MR) is 54.1 cm³/mol. The molecule has 1 aromatic heterocycles. The van der Waals surface area contributed by atoms with Gasteiger partial charge in [0, 0.05) is 31.4 Å². The third kappa shape index (κ3) is 3.73. The van der Waals surface area contributed by atoms with Gasteiger partial charge in [-0.2, -0.15) is 0 Å². The molecular formula is C11H14N2. The monoisotopic (exact) mass is 174 g/mol. The summed E-state index contributed by atoms with van der Waals surface area (Å²) in [6, 6.07) is 4.09. The van der Waals surface area contributed by atoms with E-state index in [4.69, 9.17) is 6.42 Å². The van der Waals surface area contributed by atoms with E-state index in [9.17, 15) is 0 Å². The van der Waals surface area contributed by atoms with Gasteiger partial charge in [0.2, 0.25) is 0 Å². The van der Waals surface area contributed by atoms with E-state index in [0.29, 0.717) is 0 Å². The van der Waals surface area contributed by atoms with Crippen LogP contribution in [0.25, 0.3) is 0 Å². The van der Waals surface area contributed by atoms with Crippen LogP contribution in [0.3, 0.4) is 0 Å². The van der Waals surface area contributed by atoms with Gasteiger partial charge in [-0.25, -0.2) is 0 Å². The lowest BCUT2D eigenvalue weighted by molar-refractivity contribution is 0.699. The molecule has 0 saturated heterocycles. The van der Waals surface area contributed by atoms with E-state index in [1.165, 1.54) is 5.56 Å². The molecule has 1 rings (SSSR count). The van der Waals surface area contributed by atoms with Crippen LogP contribution in [0.5, 0.6) is 0 Å². The first-order valence-corrected chi connectivity index (χ1v) is 4.38. The van der Waals surface area contributed by atoms with Crippen LogP contribution in [-0.2, 0) is 6.54 Å². The van der Waals surface area contributed by atoms with Crippen molar-refractivity contribution in [1.29, 1.82) is 0 Å². The largest absolute Gasteiger partial charge is 0.312 e. The maximum Gasteiger partial charge on any atom is 0.0372 e. The topological polar surface area (TPSA) is 24.9 Å². The quantitative estimate of drug-likeness (QED) is 0.552. The average molecular weight is 174 g/mol. The van der Waals surface area contributed by atoms with Crippen LogP contribution in [0.1, 0.15) is 17.7 Å². The molecule has 0 atom stereocenters. The average Bonchev–Trinajstić information content (AvgIpc) is 2.15. The zero-order valence-corrected chi connectivity index (χ0v) is 7.88. The number of terminal acetylenes is 1. The molecule has 0 aliphatic heterocycles. The lowest BCUT2D eigenvalue weighted by atomic mass is 10.2. The molecule has 1 heterocycles. The Morgan fingerprint density at radius 1 is 1.54 bits per heavy atom. The minimum Gasteiger partial charge on any atom is -0.312 e. The van der Waals surface area contributed by atoms with Crippen LogP contribution >= 0.6 is 0 Å². The van der Waals surface area contributed by atoms with Crippen molar-refractivity contribution in [3.63, 3.8) is 0 Å². The van der Waals surface area contributed by atoms with Crippen LogP contribution in [0.15, 0.2) is 18.3 Å². The first-order valence-electron chi connectivity index (χ1n) is 4.38. The van der Waals surface area contributed by atoms with Gasteiger partial charge < -0.3 is 5.32 Å². The van der Waals surface area contributed by atoms with Gasteiger partial charge >= 0.3 is 0 Å². The Morgan fingerprint density at radius 3 is 3.00 bits per heavy atom. The molecular weight excluding hydrogens is 160 g/mol. The summed E-state index contributed by atoms with van der Waals surface area (Å²) in [7, 11) is 0. The molecule has 0 radical (unpaired) electrons. The minimum atomic E-state index is 0.777. The van der Waals surface area contributed by atoms with E-state index >= 15 is 0 Å². The molecule has 13 heavy (non-hydrogen) atoms. The van der Waals surface area contributed by atoms with Crippen LogP contribution in [-0.4, -0.2) is 11.5 Å². The van der Waals surface area contributed by atoms with Crippen LogP contribution in [0, 0.1) is 19.3 Å². The van der Waals surface area contributed by atoms with E-state index in [1.54, 1.807) is 0 Å². The van der Waals surface area contributed by atoms with Crippen molar-refractivity contribution >= 4 is 0 Å². The Bertz CT molecular complexity index is 282. The van der Waals surface area contributed by atoms with E-state index in [2.05, 4.69) is 22.3 Å². The number of nitrogens with one attached hydrogen (secondary N) is 1. The van der Waals surface area contributed by atoms with Gasteiger partial charge in [0.15, 0.2) is 0 Å².